The van der Waals surface area contributed by atoms with E-state index >= 15 is 0 Å². The zero-order chi connectivity index (χ0) is 21.1. The van der Waals surface area contributed by atoms with Crippen LogP contribution < -0.4 is 14.8 Å². The van der Waals surface area contributed by atoms with Crippen molar-refractivity contribution in [1.82, 2.24) is 5.32 Å². The predicted molar refractivity (Wildman–Crippen MR) is 113 cm³/mol. The van der Waals surface area contributed by atoms with E-state index in [1.165, 1.54) is 12.8 Å². The standard InChI is InChI=1S/C22H28BrN3O3/c1-26-22(27,15-25)21(23)11-9-20(14-24,10-12-21)16-7-8-18(28-2)19(13-16)29-17-5-3-4-6-17/h7-8,13,17,26-27H,3-6,9-12H2,1-2H3. The van der Waals surface area contributed by atoms with Crippen molar-refractivity contribution in [3.05, 3.63) is 23.8 Å². The number of methoxy groups -OCH3 is 1. The highest BCUT2D eigenvalue weighted by molar-refractivity contribution is 9.10. The number of nitrogens with one attached hydrogen (secondary N) is 1. The Bertz CT molecular complexity index is 818. The van der Waals surface area contributed by atoms with Gasteiger partial charge in [-0.3, -0.25) is 5.32 Å². The number of nitriles is 2. The van der Waals surface area contributed by atoms with E-state index in [-0.39, 0.29) is 6.10 Å². The van der Waals surface area contributed by atoms with E-state index in [1.807, 2.05) is 24.3 Å². The Labute approximate surface area is 180 Å². The molecule has 0 saturated heterocycles. The molecule has 29 heavy (non-hydrogen) atoms. The average molecular weight is 462 g/mol. The first-order valence-corrected chi connectivity index (χ1v) is 10.9. The fourth-order valence-corrected chi connectivity index (χ4v) is 5.22. The largest absolute Gasteiger partial charge is 0.493 e. The quantitative estimate of drug-likeness (QED) is 0.378. The van der Waals surface area contributed by atoms with Crippen molar-refractivity contribution in [2.24, 2.45) is 0 Å². The van der Waals surface area contributed by atoms with Crippen molar-refractivity contribution in [2.75, 3.05) is 14.2 Å². The zero-order valence-electron chi connectivity index (χ0n) is 17.0. The normalized spacial score (nSPS) is 29.4. The van der Waals surface area contributed by atoms with Gasteiger partial charge >= 0.3 is 0 Å². The van der Waals surface area contributed by atoms with Crippen molar-refractivity contribution in [3.63, 3.8) is 0 Å². The Balaban J connectivity index is 1.87. The second-order valence-corrected chi connectivity index (χ2v) is 9.64. The monoisotopic (exact) mass is 461 g/mol. The van der Waals surface area contributed by atoms with Gasteiger partial charge in [-0.1, -0.05) is 22.0 Å². The van der Waals surface area contributed by atoms with Gasteiger partial charge in [0.05, 0.1) is 29.0 Å². The molecule has 1 aromatic rings. The molecule has 0 heterocycles. The van der Waals surface area contributed by atoms with Crippen LogP contribution in [0.3, 0.4) is 0 Å². The lowest BCUT2D eigenvalue weighted by atomic mass is 9.65. The highest BCUT2D eigenvalue weighted by Gasteiger charge is 2.54. The van der Waals surface area contributed by atoms with E-state index in [0.717, 1.165) is 18.4 Å². The zero-order valence-corrected chi connectivity index (χ0v) is 18.6. The number of hydrogen-bond donors (Lipinski definition) is 2. The molecule has 6 nitrogen and oxygen atoms in total. The molecule has 2 aliphatic rings. The predicted octanol–water partition coefficient (Wildman–Crippen LogP) is 3.92. The molecule has 0 aromatic heterocycles. The van der Waals surface area contributed by atoms with E-state index < -0.39 is 15.5 Å². The lowest BCUT2D eigenvalue weighted by molar-refractivity contribution is 0.0115. The third-order valence-corrected chi connectivity index (χ3v) is 7.96. The van der Waals surface area contributed by atoms with Crippen LogP contribution in [-0.2, 0) is 5.41 Å². The summed E-state index contributed by atoms with van der Waals surface area (Å²) in [4.78, 5) is 0. The Morgan fingerprint density at radius 3 is 2.34 bits per heavy atom. The molecular weight excluding hydrogens is 434 g/mol. The molecule has 1 atom stereocenters. The summed E-state index contributed by atoms with van der Waals surface area (Å²) in [6, 6.07) is 10.2. The lowest BCUT2D eigenvalue weighted by Gasteiger charge is -2.45. The van der Waals surface area contributed by atoms with Crippen LogP contribution >= 0.6 is 15.9 Å². The highest BCUT2D eigenvalue weighted by Crippen LogP contribution is 2.51. The minimum atomic E-state index is -1.69. The lowest BCUT2D eigenvalue weighted by Crippen LogP contribution is -2.60. The maximum atomic E-state index is 10.7. The summed E-state index contributed by atoms with van der Waals surface area (Å²) >= 11 is 3.60. The van der Waals surface area contributed by atoms with E-state index in [0.29, 0.717) is 37.2 Å². The van der Waals surface area contributed by atoms with Crippen LogP contribution in [0.15, 0.2) is 18.2 Å². The second kappa shape index (κ2) is 8.52. The molecule has 1 unspecified atom stereocenters. The third kappa shape index (κ3) is 3.97. The van der Waals surface area contributed by atoms with Gasteiger partial charge < -0.3 is 14.6 Å². The summed E-state index contributed by atoms with van der Waals surface area (Å²) in [5, 5.41) is 32.9. The van der Waals surface area contributed by atoms with Gasteiger partial charge in [-0.05, 0) is 76.1 Å². The second-order valence-electron chi connectivity index (χ2n) is 8.12. The van der Waals surface area contributed by atoms with E-state index in [1.54, 1.807) is 14.2 Å². The van der Waals surface area contributed by atoms with Gasteiger partial charge in [0.15, 0.2) is 11.5 Å². The SMILES string of the molecule is CNC(O)(C#N)C1(Br)CCC(C#N)(c2ccc(OC)c(OC3CCCC3)c2)CC1. The van der Waals surface area contributed by atoms with Crippen LogP contribution in [0.5, 0.6) is 11.5 Å². The first kappa shape index (κ1) is 21.9. The molecule has 1 aromatic carbocycles. The fraction of sp³-hybridized carbons (Fsp3) is 0.636. The molecule has 0 amide bonds. The maximum Gasteiger partial charge on any atom is 0.220 e. The molecule has 2 fully saturated rings. The average Bonchev–Trinajstić information content (AvgIpc) is 3.27. The van der Waals surface area contributed by atoms with Crippen LogP contribution in [0, 0.1) is 22.7 Å². The fourth-order valence-electron chi connectivity index (χ4n) is 4.53. The minimum Gasteiger partial charge on any atom is -0.493 e. The molecule has 2 N–H and O–H groups in total. The number of nitrogens with zero attached hydrogens (tertiary/aromatic N) is 2. The molecule has 0 bridgehead atoms. The van der Waals surface area contributed by atoms with Gasteiger partial charge in [0.2, 0.25) is 5.72 Å². The van der Waals surface area contributed by atoms with Crippen LogP contribution in [0.4, 0.5) is 0 Å². The van der Waals surface area contributed by atoms with Crippen molar-refractivity contribution in [3.8, 4) is 23.6 Å². The van der Waals surface area contributed by atoms with Crippen molar-refractivity contribution < 1.29 is 14.6 Å². The molecule has 2 saturated carbocycles. The van der Waals surface area contributed by atoms with Crippen LogP contribution in [0.25, 0.3) is 0 Å². The Hall–Kier alpha value is -1.80. The smallest absolute Gasteiger partial charge is 0.220 e. The summed E-state index contributed by atoms with van der Waals surface area (Å²) < 4.78 is 10.9. The topological polar surface area (TPSA) is 98.3 Å². The number of alkyl halides is 1. The van der Waals surface area contributed by atoms with E-state index in [2.05, 4.69) is 27.3 Å². The Morgan fingerprint density at radius 1 is 1.17 bits per heavy atom. The Morgan fingerprint density at radius 2 is 1.83 bits per heavy atom. The van der Waals surface area contributed by atoms with Crippen molar-refractivity contribution in [2.45, 2.75) is 72.9 Å². The molecule has 0 spiro atoms. The van der Waals surface area contributed by atoms with Crippen LogP contribution in [0.2, 0.25) is 0 Å². The van der Waals surface area contributed by atoms with Gasteiger partial charge in [0.25, 0.3) is 0 Å². The first-order chi connectivity index (χ1) is 13.8. The Kier molecular flexibility index (Phi) is 6.43. The molecule has 0 radical (unpaired) electrons. The summed E-state index contributed by atoms with van der Waals surface area (Å²) in [5.74, 6) is 1.36. The number of hydrogen-bond acceptors (Lipinski definition) is 6. The minimum absolute atomic E-state index is 0.194. The van der Waals surface area contributed by atoms with E-state index in [9.17, 15) is 15.6 Å². The van der Waals surface area contributed by atoms with Gasteiger partial charge in [-0.2, -0.15) is 10.5 Å². The highest BCUT2D eigenvalue weighted by atomic mass is 79.9. The number of ether oxygens (including phenoxy) is 2. The molecule has 7 heteroatoms. The van der Waals surface area contributed by atoms with Crippen molar-refractivity contribution >= 4 is 15.9 Å². The van der Waals surface area contributed by atoms with Crippen LogP contribution in [0.1, 0.15) is 56.9 Å². The van der Waals surface area contributed by atoms with Gasteiger partial charge in [-0.15, -0.1) is 0 Å². The molecule has 156 valence electrons. The number of halogens is 1. The van der Waals surface area contributed by atoms with E-state index in [4.69, 9.17) is 9.47 Å². The van der Waals surface area contributed by atoms with Gasteiger partial charge in [-0.25, -0.2) is 0 Å². The van der Waals surface area contributed by atoms with Gasteiger partial charge in [0, 0.05) is 0 Å². The number of aliphatic hydroxyl groups is 1. The summed E-state index contributed by atoms with van der Waals surface area (Å²) in [6.45, 7) is 0. The maximum absolute atomic E-state index is 10.7. The number of rotatable bonds is 6. The summed E-state index contributed by atoms with van der Waals surface area (Å²) in [5.41, 5.74) is -1.49. The number of benzene rings is 1. The van der Waals surface area contributed by atoms with Crippen LogP contribution in [-0.4, -0.2) is 35.4 Å². The molecule has 2 aliphatic carbocycles. The summed E-state index contributed by atoms with van der Waals surface area (Å²) in [6.07, 6.45) is 6.64. The molecule has 0 aliphatic heterocycles. The molecular formula is C22H28BrN3O3. The molecule has 3 rings (SSSR count). The van der Waals surface area contributed by atoms with Crippen molar-refractivity contribution in [1.29, 1.82) is 10.5 Å². The third-order valence-electron chi connectivity index (χ3n) is 6.59. The van der Waals surface area contributed by atoms with Gasteiger partial charge in [0.1, 0.15) is 6.07 Å². The first-order valence-electron chi connectivity index (χ1n) is 10.1. The summed E-state index contributed by atoms with van der Waals surface area (Å²) in [7, 11) is 3.19.